The van der Waals surface area contributed by atoms with Gasteiger partial charge in [-0.1, -0.05) is 64.1 Å². The van der Waals surface area contributed by atoms with Gasteiger partial charge in [-0.3, -0.25) is 0 Å². The largest absolute Gasteiger partial charge is 0.508 e. The lowest BCUT2D eigenvalue weighted by molar-refractivity contribution is 0.461. The van der Waals surface area contributed by atoms with Gasteiger partial charge in [-0.15, -0.1) is 0 Å². The molecule has 164 valence electrons. The van der Waals surface area contributed by atoms with Gasteiger partial charge < -0.3 is 15.3 Å². The van der Waals surface area contributed by atoms with Crippen molar-refractivity contribution in [2.24, 2.45) is 0 Å². The van der Waals surface area contributed by atoms with Crippen molar-refractivity contribution in [1.82, 2.24) is 0 Å². The van der Waals surface area contributed by atoms with Crippen LogP contribution >= 0.6 is 0 Å². The minimum Gasteiger partial charge on any atom is -0.508 e. The lowest BCUT2D eigenvalue weighted by Crippen LogP contribution is -2.08. The highest BCUT2D eigenvalue weighted by Crippen LogP contribution is 2.36. The highest BCUT2D eigenvalue weighted by Gasteiger charge is 2.20. The van der Waals surface area contributed by atoms with Gasteiger partial charge in [-0.2, -0.15) is 0 Å². The molecule has 0 aliphatic carbocycles. The quantitative estimate of drug-likeness (QED) is 0.395. The Morgan fingerprint density at radius 1 is 0.581 bits per heavy atom. The smallest absolute Gasteiger partial charge is 0.121 e. The highest BCUT2D eigenvalue weighted by molar-refractivity contribution is 5.49. The zero-order chi connectivity index (χ0) is 22.5. The Balaban J connectivity index is 2.14. The minimum absolute atomic E-state index is 0.0794. The number of aromatic hydroxyl groups is 3. The fraction of sp³-hybridized carbons (Fsp3) is 0.357. The first kappa shape index (κ1) is 22.7. The predicted octanol–water partition coefficient (Wildman–Crippen LogP) is 6.43. The van der Waals surface area contributed by atoms with Crippen LogP contribution in [-0.4, -0.2) is 15.3 Å². The molecule has 0 amide bonds. The standard InChI is InChI=1S/C28H34O3/c1-5-19-13-18(14-20(6-2)27(19)30)15-26(23-9-11-25(29)12-10-23)24-16-21(7-3)28(31)22(8-4)17-24/h9-14,16-17,26,29-31H,5-8,15H2,1-4H3. The van der Waals surface area contributed by atoms with E-state index < -0.39 is 0 Å². The molecule has 0 fully saturated rings. The van der Waals surface area contributed by atoms with E-state index in [9.17, 15) is 15.3 Å². The van der Waals surface area contributed by atoms with E-state index in [0.29, 0.717) is 11.5 Å². The second-order valence-corrected chi connectivity index (χ2v) is 8.21. The van der Waals surface area contributed by atoms with Crippen molar-refractivity contribution in [2.75, 3.05) is 0 Å². The monoisotopic (exact) mass is 418 g/mol. The summed E-state index contributed by atoms with van der Waals surface area (Å²) >= 11 is 0. The minimum atomic E-state index is 0.0794. The molecule has 0 aliphatic rings. The van der Waals surface area contributed by atoms with Gasteiger partial charge in [0.15, 0.2) is 0 Å². The number of rotatable bonds is 8. The van der Waals surface area contributed by atoms with E-state index in [1.54, 1.807) is 12.1 Å². The topological polar surface area (TPSA) is 60.7 Å². The van der Waals surface area contributed by atoms with Gasteiger partial charge in [-0.05, 0) is 83.2 Å². The molecule has 0 aromatic heterocycles. The summed E-state index contributed by atoms with van der Waals surface area (Å²) < 4.78 is 0. The summed E-state index contributed by atoms with van der Waals surface area (Å²) in [6, 6.07) is 15.9. The van der Waals surface area contributed by atoms with E-state index in [1.807, 2.05) is 12.1 Å². The van der Waals surface area contributed by atoms with Crippen molar-refractivity contribution in [3.63, 3.8) is 0 Å². The molecule has 0 aliphatic heterocycles. The molecule has 1 atom stereocenters. The molecule has 1 unspecified atom stereocenters. The van der Waals surface area contributed by atoms with Gasteiger partial charge in [0.05, 0.1) is 0 Å². The van der Waals surface area contributed by atoms with Gasteiger partial charge in [-0.25, -0.2) is 0 Å². The zero-order valence-corrected chi connectivity index (χ0v) is 19.1. The Morgan fingerprint density at radius 3 is 1.42 bits per heavy atom. The van der Waals surface area contributed by atoms with Gasteiger partial charge >= 0.3 is 0 Å². The molecule has 31 heavy (non-hydrogen) atoms. The average molecular weight is 419 g/mol. The Kier molecular flexibility index (Phi) is 7.27. The van der Waals surface area contributed by atoms with E-state index in [4.69, 9.17) is 0 Å². The Labute approximate surface area is 186 Å². The number of benzene rings is 3. The van der Waals surface area contributed by atoms with E-state index in [1.165, 1.54) is 11.1 Å². The van der Waals surface area contributed by atoms with Gasteiger partial charge in [0.1, 0.15) is 17.2 Å². The van der Waals surface area contributed by atoms with Gasteiger partial charge in [0.2, 0.25) is 0 Å². The van der Waals surface area contributed by atoms with Crippen molar-refractivity contribution in [3.8, 4) is 17.2 Å². The molecule has 3 aromatic rings. The van der Waals surface area contributed by atoms with Gasteiger partial charge in [0, 0.05) is 5.92 Å². The summed E-state index contributed by atoms with van der Waals surface area (Å²) in [5, 5.41) is 30.9. The molecule has 3 heteroatoms. The maximum atomic E-state index is 10.6. The number of phenols is 3. The molecule has 0 saturated heterocycles. The molecule has 0 bridgehead atoms. The fourth-order valence-electron chi connectivity index (χ4n) is 4.39. The second-order valence-electron chi connectivity index (χ2n) is 8.21. The van der Waals surface area contributed by atoms with Crippen molar-refractivity contribution in [2.45, 2.75) is 65.7 Å². The second kappa shape index (κ2) is 9.91. The summed E-state index contributed by atoms with van der Waals surface area (Å²) in [6.07, 6.45) is 3.90. The molecule has 0 spiro atoms. The fourth-order valence-corrected chi connectivity index (χ4v) is 4.39. The molecule has 3 rings (SSSR count). The maximum Gasteiger partial charge on any atom is 0.121 e. The lowest BCUT2D eigenvalue weighted by atomic mass is 9.83. The summed E-state index contributed by atoms with van der Waals surface area (Å²) in [6.45, 7) is 8.26. The van der Waals surface area contributed by atoms with Crippen LogP contribution in [0.2, 0.25) is 0 Å². The molecular formula is C28H34O3. The van der Waals surface area contributed by atoms with E-state index >= 15 is 0 Å². The van der Waals surface area contributed by atoms with Gasteiger partial charge in [0.25, 0.3) is 0 Å². The molecule has 3 aromatic carbocycles. The van der Waals surface area contributed by atoms with Crippen molar-refractivity contribution >= 4 is 0 Å². The van der Waals surface area contributed by atoms with Crippen LogP contribution in [0.5, 0.6) is 17.2 Å². The number of hydrogen-bond donors (Lipinski definition) is 3. The normalized spacial score (nSPS) is 12.1. The van der Waals surface area contributed by atoms with Crippen LogP contribution in [0.15, 0.2) is 48.5 Å². The van der Waals surface area contributed by atoms with Crippen LogP contribution in [0.25, 0.3) is 0 Å². The molecule has 0 radical (unpaired) electrons. The third-order valence-electron chi connectivity index (χ3n) is 6.28. The molecule has 3 N–H and O–H groups in total. The average Bonchev–Trinajstić information content (AvgIpc) is 2.79. The zero-order valence-electron chi connectivity index (χ0n) is 19.1. The summed E-state index contributed by atoms with van der Waals surface area (Å²) in [5.41, 5.74) is 7.37. The molecule has 3 nitrogen and oxygen atoms in total. The first-order chi connectivity index (χ1) is 14.9. The number of aryl methyl sites for hydroxylation is 4. The summed E-state index contributed by atoms with van der Waals surface area (Å²) in [4.78, 5) is 0. The molecule has 0 heterocycles. The molecule has 0 saturated carbocycles. The van der Waals surface area contributed by atoms with Crippen LogP contribution in [0.1, 0.15) is 72.6 Å². The molecular weight excluding hydrogens is 384 g/mol. The predicted molar refractivity (Wildman–Crippen MR) is 127 cm³/mol. The van der Waals surface area contributed by atoms with Crippen LogP contribution in [0.3, 0.4) is 0 Å². The van der Waals surface area contributed by atoms with Crippen LogP contribution in [0.4, 0.5) is 0 Å². The van der Waals surface area contributed by atoms with E-state index in [0.717, 1.165) is 59.9 Å². The summed E-state index contributed by atoms with van der Waals surface area (Å²) in [7, 11) is 0. The van der Waals surface area contributed by atoms with Crippen LogP contribution in [-0.2, 0) is 32.1 Å². The third-order valence-corrected chi connectivity index (χ3v) is 6.28. The van der Waals surface area contributed by atoms with Crippen LogP contribution < -0.4 is 0 Å². The number of phenolic OH excluding ortho intramolecular Hbond substituents is 3. The SMILES string of the molecule is CCc1cc(CC(c2ccc(O)cc2)c2cc(CC)c(O)c(CC)c2)cc(CC)c1O. The van der Waals surface area contributed by atoms with E-state index in [-0.39, 0.29) is 11.7 Å². The van der Waals surface area contributed by atoms with E-state index in [2.05, 4.69) is 52.0 Å². The Morgan fingerprint density at radius 2 is 1.00 bits per heavy atom. The number of hydrogen-bond acceptors (Lipinski definition) is 3. The summed E-state index contributed by atoms with van der Waals surface area (Å²) in [5.74, 6) is 1.16. The Hall–Kier alpha value is -2.94. The lowest BCUT2D eigenvalue weighted by Gasteiger charge is -2.22. The van der Waals surface area contributed by atoms with Crippen LogP contribution in [0, 0.1) is 0 Å². The third kappa shape index (κ3) is 4.87. The first-order valence-electron chi connectivity index (χ1n) is 11.4. The van der Waals surface area contributed by atoms with Crippen molar-refractivity contribution < 1.29 is 15.3 Å². The van der Waals surface area contributed by atoms with Crippen molar-refractivity contribution in [3.05, 3.63) is 87.5 Å². The highest BCUT2D eigenvalue weighted by atomic mass is 16.3. The Bertz CT molecular complexity index is 985. The first-order valence-corrected chi connectivity index (χ1v) is 11.4. The maximum absolute atomic E-state index is 10.6. The van der Waals surface area contributed by atoms with Crippen molar-refractivity contribution in [1.29, 1.82) is 0 Å².